The number of hydrogen-bond acceptors (Lipinski definition) is 4. The summed E-state index contributed by atoms with van der Waals surface area (Å²) >= 11 is 0. The summed E-state index contributed by atoms with van der Waals surface area (Å²) in [5.41, 5.74) is 0. The summed E-state index contributed by atoms with van der Waals surface area (Å²) in [6, 6.07) is -0.626. The van der Waals surface area contributed by atoms with Crippen LogP contribution >= 0.6 is 0 Å². The van der Waals surface area contributed by atoms with Crippen LogP contribution in [0.2, 0.25) is 0 Å². The predicted octanol–water partition coefficient (Wildman–Crippen LogP) is -0.789. The van der Waals surface area contributed by atoms with Crippen molar-refractivity contribution in [3.8, 4) is 11.8 Å². The Bertz CT molecular complexity index is 287. The van der Waals surface area contributed by atoms with Crippen LogP contribution in [0.1, 0.15) is 13.3 Å². The van der Waals surface area contributed by atoms with E-state index >= 15 is 0 Å². The maximum atomic E-state index is 11.2. The third-order valence-electron chi connectivity index (χ3n) is 1.48. The lowest BCUT2D eigenvalue weighted by atomic mass is 10.1. The number of hydrogen-bond donors (Lipinski definition) is 2. The third-order valence-corrected chi connectivity index (χ3v) is 1.48. The summed E-state index contributed by atoms with van der Waals surface area (Å²) in [5, 5.41) is 10.9. The fourth-order valence-corrected chi connectivity index (χ4v) is 0.821. The largest absolute Gasteiger partial charge is 0.480 e. The molecule has 0 heterocycles. The molecule has 5 nitrogen and oxygen atoms in total. The van der Waals surface area contributed by atoms with Gasteiger partial charge in [-0.3, -0.25) is 19.7 Å². The fraction of sp³-hybridized carbons (Fsp3) is 0.444. The van der Waals surface area contributed by atoms with Gasteiger partial charge in [-0.1, -0.05) is 6.92 Å². The van der Waals surface area contributed by atoms with E-state index in [2.05, 4.69) is 11.2 Å². The summed E-state index contributed by atoms with van der Waals surface area (Å²) in [6.45, 7) is 1.42. The number of aliphatic carboxylic acids is 1. The SMILES string of the molecule is CCC(NCC(=O)O)C(=O)C#CC=O. The van der Waals surface area contributed by atoms with Gasteiger partial charge in [0.15, 0.2) is 6.29 Å². The van der Waals surface area contributed by atoms with E-state index in [0.717, 1.165) is 0 Å². The molecular formula is C9H11NO4. The van der Waals surface area contributed by atoms with Crippen molar-refractivity contribution >= 4 is 18.0 Å². The number of ketones is 1. The first kappa shape index (κ1) is 12.3. The van der Waals surface area contributed by atoms with Gasteiger partial charge in [0.25, 0.3) is 0 Å². The minimum Gasteiger partial charge on any atom is -0.480 e. The smallest absolute Gasteiger partial charge is 0.317 e. The summed E-state index contributed by atoms with van der Waals surface area (Å²) in [4.78, 5) is 31.2. The Morgan fingerprint density at radius 3 is 2.64 bits per heavy atom. The van der Waals surface area contributed by atoms with E-state index < -0.39 is 17.8 Å². The molecule has 0 aromatic heterocycles. The number of carboxylic acid groups (broad SMARTS) is 1. The van der Waals surface area contributed by atoms with Crippen LogP contribution in [0.25, 0.3) is 0 Å². The minimum absolute atomic E-state index is 0.299. The number of Topliss-reactive ketones (excluding diaryl/α,β-unsaturated/α-hetero) is 1. The van der Waals surface area contributed by atoms with E-state index in [0.29, 0.717) is 12.7 Å². The van der Waals surface area contributed by atoms with Crippen molar-refractivity contribution in [2.24, 2.45) is 0 Å². The van der Waals surface area contributed by atoms with E-state index in [4.69, 9.17) is 5.11 Å². The fourth-order valence-electron chi connectivity index (χ4n) is 0.821. The molecule has 0 rings (SSSR count). The molecule has 5 heteroatoms. The topological polar surface area (TPSA) is 83.5 Å². The number of rotatable bonds is 5. The molecule has 1 atom stereocenters. The molecule has 0 saturated carbocycles. The molecule has 0 aliphatic heterocycles. The van der Waals surface area contributed by atoms with Crippen LogP contribution in [-0.4, -0.2) is 35.7 Å². The zero-order valence-electron chi connectivity index (χ0n) is 7.74. The number of carbonyl (C=O) groups is 3. The second-order valence-corrected chi connectivity index (χ2v) is 2.49. The molecule has 0 aromatic carbocycles. The number of nitrogens with one attached hydrogen (secondary N) is 1. The summed E-state index contributed by atoms with van der Waals surface area (Å²) in [7, 11) is 0. The molecule has 0 radical (unpaired) electrons. The molecule has 76 valence electrons. The number of aldehydes is 1. The highest BCUT2D eigenvalue weighted by molar-refractivity contribution is 6.02. The van der Waals surface area contributed by atoms with E-state index in [-0.39, 0.29) is 6.54 Å². The second-order valence-electron chi connectivity index (χ2n) is 2.49. The van der Waals surface area contributed by atoms with Gasteiger partial charge in [-0.2, -0.15) is 0 Å². The molecule has 14 heavy (non-hydrogen) atoms. The third kappa shape index (κ3) is 5.06. The molecule has 0 spiro atoms. The highest BCUT2D eigenvalue weighted by atomic mass is 16.4. The van der Waals surface area contributed by atoms with E-state index in [1.165, 1.54) is 0 Å². The monoisotopic (exact) mass is 197 g/mol. The Kier molecular flexibility index (Phi) is 5.99. The van der Waals surface area contributed by atoms with Gasteiger partial charge in [-0.25, -0.2) is 0 Å². The molecule has 1 unspecified atom stereocenters. The van der Waals surface area contributed by atoms with Crippen molar-refractivity contribution < 1.29 is 19.5 Å². The molecule has 2 N–H and O–H groups in total. The van der Waals surface area contributed by atoms with Crippen LogP contribution in [-0.2, 0) is 14.4 Å². The highest BCUT2D eigenvalue weighted by Crippen LogP contribution is 1.91. The van der Waals surface area contributed by atoms with Gasteiger partial charge in [-0.15, -0.1) is 0 Å². The Morgan fingerprint density at radius 2 is 2.21 bits per heavy atom. The molecule has 0 saturated heterocycles. The van der Waals surface area contributed by atoms with Gasteiger partial charge < -0.3 is 5.11 Å². The molecule has 0 fully saturated rings. The first-order chi connectivity index (χ1) is 6.61. The van der Waals surface area contributed by atoms with Gasteiger partial charge in [-0.05, 0) is 18.3 Å². The van der Waals surface area contributed by atoms with Crippen LogP contribution in [0, 0.1) is 11.8 Å². The lowest BCUT2D eigenvalue weighted by Crippen LogP contribution is -2.38. The Labute approximate surface area is 81.5 Å². The number of carbonyl (C=O) groups excluding carboxylic acids is 2. The van der Waals surface area contributed by atoms with Crippen LogP contribution in [0.5, 0.6) is 0 Å². The van der Waals surface area contributed by atoms with Crippen molar-refractivity contribution in [1.29, 1.82) is 0 Å². The maximum Gasteiger partial charge on any atom is 0.317 e. The standard InChI is InChI=1S/C9H11NO4/c1-2-7(10-6-9(13)14)8(12)4-3-5-11/h5,7,10H,2,6H2,1H3,(H,13,14). The Hall–Kier alpha value is -1.67. The van der Waals surface area contributed by atoms with E-state index in [1.807, 2.05) is 5.92 Å². The van der Waals surface area contributed by atoms with Crippen molar-refractivity contribution in [2.45, 2.75) is 19.4 Å². The van der Waals surface area contributed by atoms with Gasteiger partial charge in [0.1, 0.15) is 0 Å². The van der Waals surface area contributed by atoms with E-state index in [1.54, 1.807) is 6.92 Å². The summed E-state index contributed by atoms with van der Waals surface area (Å²) in [6.07, 6.45) is 0.751. The van der Waals surface area contributed by atoms with Gasteiger partial charge in [0.05, 0.1) is 12.6 Å². The number of carboxylic acids is 1. The quantitative estimate of drug-likeness (QED) is 0.343. The molecular weight excluding hydrogens is 186 g/mol. The zero-order valence-corrected chi connectivity index (χ0v) is 7.74. The average molecular weight is 197 g/mol. The predicted molar refractivity (Wildman–Crippen MR) is 48.6 cm³/mol. The first-order valence-electron chi connectivity index (χ1n) is 4.06. The molecule has 0 aliphatic rings. The van der Waals surface area contributed by atoms with Crippen molar-refractivity contribution in [2.75, 3.05) is 6.54 Å². The van der Waals surface area contributed by atoms with Crippen LogP contribution in [0.15, 0.2) is 0 Å². The first-order valence-corrected chi connectivity index (χ1v) is 4.06. The Morgan fingerprint density at radius 1 is 1.57 bits per heavy atom. The maximum absolute atomic E-state index is 11.2. The van der Waals surface area contributed by atoms with Gasteiger partial charge in [0, 0.05) is 0 Å². The molecule has 0 aliphatic carbocycles. The van der Waals surface area contributed by atoms with Gasteiger partial charge >= 0.3 is 5.97 Å². The van der Waals surface area contributed by atoms with Crippen LogP contribution in [0.4, 0.5) is 0 Å². The highest BCUT2D eigenvalue weighted by Gasteiger charge is 2.14. The Balaban J connectivity index is 4.18. The average Bonchev–Trinajstić information content (AvgIpc) is 2.15. The second kappa shape index (κ2) is 6.80. The zero-order chi connectivity index (χ0) is 11.0. The molecule has 0 aromatic rings. The van der Waals surface area contributed by atoms with Gasteiger partial charge in [0.2, 0.25) is 5.78 Å². The summed E-state index contributed by atoms with van der Waals surface area (Å²) < 4.78 is 0. The summed E-state index contributed by atoms with van der Waals surface area (Å²) in [5.74, 6) is 2.56. The van der Waals surface area contributed by atoms with Crippen molar-refractivity contribution in [1.82, 2.24) is 5.32 Å². The van der Waals surface area contributed by atoms with Crippen LogP contribution < -0.4 is 5.32 Å². The van der Waals surface area contributed by atoms with Crippen molar-refractivity contribution in [3.63, 3.8) is 0 Å². The minimum atomic E-state index is -1.04. The normalized spacial score (nSPS) is 10.9. The molecule has 0 bridgehead atoms. The lowest BCUT2D eigenvalue weighted by Gasteiger charge is -2.09. The van der Waals surface area contributed by atoms with Crippen LogP contribution in [0.3, 0.4) is 0 Å². The lowest BCUT2D eigenvalue weighted by molar-refractivity contribution is -0.136. The molecule has 0 amide bonds. The van der Waals surface area contributed by atoms with E-state index in [9.17, 15) is 14.4 Å². The van der Waals surface area contributed by atoms with Crippen molar-refractivity contribution in [3.05, 3.63) is 0 Å².